The molecule has 0 unspecified atom stereocenters. The molecule has 2 aromatic rings. The summed E-state index contributed by atoms with van der Waals surface area (Å²) < 4.78 is 4.90. The number of guanidine groups is 1. The Kier molecular flexibility index (Phi) is 7.65. The van der Waals surface area contributed by atoms with E-state index in [0.29, 0.717) is 24.2 Å². The van der Waals surface area contributed by atoms with Gasteiger partial charge in [-0.2, -0.15) is 4.98 Å². The second kappa shape index (κ2) is 9.27. The molecule has 2 rings (SSSR count). The van der Waals surface area contributed by atoms with Gasteiger partial charge in [0.15, 0.2) is 11.8 Å². The zero-order chi connectivity index (χ0) is 14.2. The molecule has 114 valence electrons. The molecule has 0 fully saturated rings. The van der Waals surface area contributed by atoms with E-state index in [1.54, 1.807) is 20.2 Å². The highest BCUT2D eigenvalue weighted by Crippen LogP contribution is 1.94. The minimum absolute atomic E-state index is 0. The van der Waals surface area contributed by atoms with Crippen LogP contribution in [0.1, 0.15) is 17.4 Å². The van der Waals surface area contributed by atoms with Crippen molar-refractivity contribution in [2.24, 2.45) is 4.99 Å². The van der Waals surface area contributed by atoms with Crippen molar-refractivity contribution in [2.45, 2.75) is 19.9 Å². The Morgan fingerprint density at radius 1 is 1.33 bits per heavy atom. The average molecular weight is 402 g/mol. The van der Waals surface area contributed by atoms with E-state index in [0.717, 1.165) is 18.7 Å². The maximum atomic E-state index is 4.90. The van der Waals surface area contributed by atoms with E-state index in [-0.39, 0.29) is 24.0 Å². The van der Waals surface area contributed by atoms with Crippen LogP contribution < -0.4 is 10.6 Å². The fourth-order valence-corrected chi connectivity index (χ4v) is 1.65. The Morgan fingerprint density at radius 2 is 2.19 bits per heavy atom. The molecule has 2 heterocycles. The first-order valence-corrected chi connectivity index (χ1v) is 6.41. The number of pyridine rings is 1. The molecule has 0 aliphatic carbocycles. The van der Waals surface area contributed by atoms with Gasteiger partial charge in [0.05, 0.1) is 6.54 Å². The summed E-state index contributed by atoms with van der Waals surface area (Å²) in [5, 5.41) is 10.1. The van der Waals surface area contributed by atoms with Gasteiger partial charge in [-0.05, 0) is 12.1 Å². The summed E-state index contributed by atoms with van der Waals surface area (Å²) in [5.41, 5.74) is 1.05. The highest BCUT2D eigenvalue weighted by atomic mass is 127. The third kappa shape index (κ3) is 6.06. The normalized spacial score (nSPS) is 10.9. The van der Waals surface area contributed by atoms with Crippen LogP contribution >= 0.6 is 24.0 Å². The van der Waals surface area contributed by atoms with E-state index in [1.807, 2.05) is 18.2 Å². The lowest BCUT2D eigenvalue weighted by molar-refractivity contribution is 0.387. The molecule has 0 atom stereocenters. The number of aromatic nitrogens is 3. The summed E-state index contributed by atoms with van der Waals surface area (Å²) in [7, 11) is 1.72. The highest BCUT2D eigenvalue weighted by Gasteiger charge is 2.03. The lowest BCUT2D eigenvalue weighted by atomic mass is 10.3. The summed E-state index contributed by atoms with van der Waals surface area (Å²) in [4.78, 5) is 12.5. The van der Waals surface area contributed by atoms with Crippen molar-refractivity contribution < 1.29 is 4.52 Å². The molecule has 8 heteroatoms. The van der Waals surface area contributed by atoms with Gasteiger partial charge in [0.2, 0.25) is 5.89 Å². The molecule has 0 spiro atoms. The minimum Gasteiger partial charge on any atom is -0.356 e. The van der Waals surface area contributed by atoms with Crippen molar-refractivity contribution in [3.05, 3.63) is 41.8 Å². The second-order valence-corrected chi connectivity index (χ2v) is 4.15. The fourth-order valence-electron chi connectivity index (χ4n) is 1.65. The van der Waals surface area contributed by atoms with Gasteiger partial charge >= 0.3 is 0 Å². The van der Waals surface area contributed by atoms with Gasteiger partial charge in [-0.15, -0.1) is 24.0 Å². The van der Waals surface area contributed by atoms with Crippen LogP contribution in [-0.2, 0) is 13.0 Å². The van der Waals surface area contributed by atoms with Gasteiger partial charge in [-0.25, -0.2) is 0 Å². The van der Waals surface area contributed by atoms with Crippen LogP contribution in [0.5, 0.6) is 0 Å². The molecule has 7 nitrogen and oxygen atoms in total. The molecule has 0 aromatic carbocycles. The van der Waals surface area contributed by atoms with Crippen molar-refractivity contribution in [2.75, 3.05) is 13.6 Å². The largest absolute Gasteiger partial charge is 0.356 e. The third-order valence-corrected chi connectivity index (χ3v) is 2.61. The topological polar surface area (TPSA) is 88.2 Å². The Labute approximate surface area is 140 Å². The number of hydrogen-bond acceptors (Lipinski definition) is 5. The first-order valence-electron chi connectivity index (χ1n) is 6.41. The maximum absolute atomic E-state index is 4.90. The number of hydrogen-bond donors (Lipinski definition) is 2. The van der Waals surface area contributed by atoms with Crippen LogP contribution in [0.25, 0.3) is 0 Å². The monoisotopic (exact) mass is 402 g/mol. The quantitative estimate of drug-likeness (QED) is 0.446. The zero-order valence-corrected chi connectivity index (χ0v) is 14.4. The molecule has 0 amide bonds. The van der Waals surface area contributed by atoms with E-state index in [1.165, 1.54) is 0 Å². The van der Waals surface area contributed by atoms with Gasteiger partial charge in [-0.1, -0.05) is 11.2 Å². The van der Waals surface area contributed by atoms with E-state index < -0.39 is 0 Å². The standard InChI is InChI=1S/C13H18N6O.HI/c1-10-18-12(19-20-10)9-17-13(14-2)16-8-6-11-5-3-4-7-15-11;/h3-5,7H,6,8-9H2,1-2H3,(H2,14,16,17);1H. The first-order chi connectivity index (χ1) is 9.78. The predicted molar refractivity (Wildman–Crippen MR) is 90.6 cm³/mol. The Bertz CT molecular complexity index is 557. The first kappa shape index (κ1) is 17.3. The molecule has 2 N–H and O–H groups in total. The summed E-state index contributed by atoms with van der Waals surface area (Å²) in [6.45, 7) is 2.99. The van der Waals surface area contributed by atoms with Gasteiger partial charge in [0, 0.05) is 38.8 Å². The number of aliphatic imine (C=N–C) groups is 1. The number of rotatable bonds is 5. The summed E-state index contributed by atoms with van der Waals surface area (Å²) in [6.07, 6.45) is 2.63. The number of aryl methyl sites for hydroxylation is 1. The predicted octanol–water partition coefficient (Wildman–Crippen LogP) is 1.30. The van der Waals surface area contributed by atoms with Crippen LogP contribution in [-0.4, -0.2) is 34.7 Å². The Morgan fingerprint density at radius 3 is 2.81 bits per heavy atom. The van der Waals surface area contributed by atoms with Crippen LogP contribution in [0, 0.1) is 6.92 Å². The van der Waals surface area contributed by atoms with Crippen LogP contribution in [0.15, 0.2) is 33.9 Å². The van der Waals surface area contributed by atoms with Crippen molar-refractivity contribution in [1.82, 2.24) is 25.8 Å². The second-order valence-electron chi connectivity index (χ2n) is 4.15. The van der Waals surface area contributed by atoms with Crippen molar-refractivity contribution in [1.29, 1.82) is 0 Å². The lowest BCUT2D eigenvalue weighted by Crippen LogP contribution is -2.38. The zero-order valence-electron chi connectivity index (χ0n) is 12.0. The average Bonchev–Trinajstić information content (AvgIpc) is 2.89. The molecule has 0 aliphatic heterocycles. The molecule has 0 saturated carbocycles. The number of halogens is 1. The van der Waals surface area contributed by atoms with Crippen molar-refractivity contribution >= 4 is 29.9 Å². The van der Waals surface area contributed by atoms with Gasteiger partial charge in [0.25, 0.3) is 0 Å². The molecule has 2 aromatic heterocycles. The van der Waals surface area contributed by atoms with E-state index in [9.17, 15) is 0 Å². The van der Waals surface area contributed by atoms with E-state index >= 15 is 0 Å². The number of nitrogens with one attached hydrogen (secondary N) is 2. The molecule has 0 aliphatic rings. The lowest BCUT2D eigenvalue weighted by Gasteiger charge is -2.10. The molecule has 21 heavy (non-hydrogen) atoms. The van der Waals surface area contributed by atoms with Crippen LogP contribution in [0.2, 0.25) is 0 Å². The molecule has 0 radical (unpaired) electrons. The molecule has 0 bridgehead atoms. The molecule has 0 saturated heterocycles. The Balaban J connectivity index is 0.00000220. The summed E-state index contributed by atoms with van der Waals surface area (Å²) in [6, 6.07) is 5.89. The SMILES string of the molecule is CN=C(NCCc1ccccn1)NCc1noc(C)n1.I. The summed E-state index contributed by atoms with van der Waals surface area (Å²) in [5.74, 6) is 1.86. The van der Waals surface area contributed by atoms with E-state index in [4.69, 9.17) is 4.52 Å². The fraction of sp³-hybridized carbons (Fsp3) is 0.385. The van der Waals surface area contributed by atoms with Crippen molar-refractivity contribution in [3.63, 3.8) is 0 Å². The third-order valence-electron chi connectivity index (χ3n) is 2.61. The maximum Gasteiger partial charge on any atom is 0.223 e. The number of nitrogens with zero attached hydrogens (tertiary/aromatic N) is 4. The van der Waals surface area contributed by atoms with Gasteiger partial charge in [0.1, 0.15) is 0 Å². The highest BCUT2D eigenvalue weighted by molar-refractivity contribution is 14.0. The van der Waals surface area contributed by atoms with Crippen LogP contribution in [0.3, 0.4) is 0 Å². The van der Waals surface area contributed by atoms with Gasteiger partial charge in [-0.3, -0.25) is 9.98 Å². The Hall–Kier alpha value is -1.71. The van der Waals surface area contributed by atoms with Gasteiger partial charge < -0.3 is 15.2 Å². The minimum atomic E-state index is 0. The van der Waals surface area contributed by atoms with E-state index in [2.05, 4.69) is 30.8 Å². The molecular formula is C13H19IN6O. The summed E-state index contributed by atoms with van der Waals surface area (Å²) >= 11 is 0. The van der Waals surface area contributed by atoms with Crippen molar-refractivity contribution in [3.8, 4) is 0 Å². The van der Waals surface area contributed by atoms with Crippen LogP contribution in [0.4, 0.5) is 0 Å². The smallest absolute Gasteiger partial charge is 0.223 e. The molecular weight excluding hydrogens is 383 g/mol.